The van der Waals surface area contributed by atoms with Crippen molar-refractivity contribution in [3.05, 3.63) is 36.2 Å². The van der Waals surface area contributed by atoms with Gasteiger partial charge in [0, 0.05) is 11.6 Å². The molecule has 1 N–H and O–H groups in total. The molecule has 0 radical (unpaired) electrons. The lowest BCUT2D eigenvalue weighted by atomic mass is 10.1. The maximum atomic E-state index is 4.78. The summed E-state index contributed by atoms with van der Waals surface area (Å²) in [6.45, 7) is 1.22. The zero-order valence-electron chi connectivity index (χ0n) is 12.3. The summed E-state index contributed by atoms with van der Waals surface area (Å²) in [4.78, 5) is 7.44. The first-order chi connectivity index (χ1) is 10.4. The molecule has 110 valence electrons. The molecule has 1 aliphatic carbocycles. The van der Waals surface area contributed by atoms with E-state index in [-0.39, 0.29) is 0 Å². The van der Waals surface area contributed by atoms with Crippen molar-refractivity contribution < 1.29 is 0 Å². The molecule has 4 rings (SSSR count). The van der Waals surface area contributed by atoms with Crippen molar-refractivity contribution in [2.45, 2.75) is 50.6 Å². The quantitative estimate of drug-likeness (QED) is 0.936. The van der Waals surface area contributed by atoms with E-state index in [0.29, 0.717) is 6.04 Å². The summed E-state index contributed by atoms with van der Waals surface area (Å²) in [5.41, 5.74) is 1.09. The highest BCUT2D eigenvalue weighted by Crippen LogP contribution is 2.37. The van der Waals surface area contributed by atoms with Gasteiger partial charge in [-0.3, -0.25) is 10.00 Å². The third-order valence-electron chi connectivity index (χ3n) is 4.94. The summed E-state index contributed by atoms with van der Waals surface area (Å²) >= 11 is 0. The van der Waals surface area contributed by atoms with Gasteiger partial charge in [0.15, 0.2) is 5.82 Å². The average Bonchev–Trinajstić information content (AvgIpc) is 3.27. The van der Waals surface area contributed by atoms with Crippen molar-refractivity contribution in [1.82, 2.24) is 20.1 Å². The molecule has 2 heterocycles. The number of aromatic amines is 1. The van der Waals surface area contributed by atoms with E-state index in [4.69, 9.17) is 4.98 Å². The molecule has 0 bridgehead atoms. The summed E-state index contributed by atoms with van der Waals surface area (Å²) in [6.07, 6.45) is 7.98. The van der Waals surface area contributed by atoms with Gasteiger partial charge in [-0.25, -0.2) is 4.98 Å². The van der Waals surface area contributed by atoms with E-state index in [2.05, 4.69) is 27.2 Å². The van der Waals surface area contributed by atoms with Gasteiger partial charge in [-0.1, -0.05) is 43.2 Å². The topological polar surface area (TPSA) is 44.8 Å². The lowest BCUT2D eigenvalue weighted by Gasteiger charge is -2.28. The second-order valence-corrected chi connectivity index (χ2v) is 6.24. The summed E-state index contributed by atoms with van der Waals surface area (Å²) in [6, 6.07) is 11.4. The monoisotopic (exact) mass is 282 g/mol. The van der Waals surface area contributed by atoms with Crippen LogP contribution in [-0.4, -0.2) is 32.7 Å². The highest BCUT2D eigenvalue weighted by molar-refractivity contribution is 5.53. The predicted octanol–water partition coefficient (Wildman–Crippen LogP) is 3.55. The van der Waals surface area contributed by atoms with Crippen LogP contribution in [0.1, 0.15) is 50.4 Å². The number of H-pyrrole nitrogens is 1. The first kappa shape index (κ1) is 13.0. The minimum atomic E-state index is 0.443. The highest BCUT2D eigenvalue weighted by atomic mass is 15.3. The number of benzene rings is 1. The summed E-state index contributed by atoms with van der Waals surface area (Å²) in [5.74, 6) is 1.88. The second kappa shape index (κ2) is 5.60. The van der Waals surface area contributed by atoms with Gasteiger partial charge in [0.05, 0.1) is 6.04 Å². The lowest BCUT2D eigenvalue weighted by Crippen LogP contribution is -2.33. The Hall–Kier alpha value is -1.68. The Morgan fingerprint density at radius 2 is 1.81 bits per heavy atom. The number of hydrogen-bond donors (Lipinski definition) is 1. The Bertz CT molecular complexity index is 586. The molecular weight excluding hydrogens is 260 g/mol. The van der Waals surface area contributed by atoms with Crippen molar-refractivity contribution in [3.8, 4) is 11.4 Å². The minimum Gasteiger partial charge on any atom is -0.290 e. The van der Waals surface area contributed by atoms with Crippen molar-refractivity contribution in [2.24, 2.45) is 0 Å². The number of hydrogen-bond acceptors (Lipinski definition) is 3. The number of rotatable bonds is 3. The van der Waals surface area contributed by atoms with Gasteiger partial charge in [0.1, 0.15) is 5.82 Å². The SMILES string of the molecule is c1ccc(-c2n[nH]c([C@@H]3CCCN3C3CCCC3)n2)cc1. The van der Waals surface area contributed by atoms with E-state index in [9.17, 15) is 0 Å². The smallest absolute Gasteiger partial charge is 0.181 e. The molecule has 1 aliphatic heterocycles. The number of aromatic nitrogens is 3. The Kier molecular flexibility index (Phi) is 3.47. The second-order valence-electron chi connectivity index (χ2n) is 6.24. The third kappa shape index (κ3) is 2.48. The van der Waals surface area contributed by atoms with Crippen LogP contribution in [0.25, 0.3) is 11.4 Å². The molecule has 0 spiro atoms. The van der Waals surface area contributed by atoms with Gasteiger partial charge >= 0.3 is 0 Å². The fourth-order valence-electron chi connectivity index (χ4n) is 3.90. The van der Waals surface area contributed by atoms with E-state index < -0.39 is 0 Å². The van der Waals surface area contributed by atoms with Crippen molar-refractivity contribution in [1.29, 1.82) is 0 Å². The molecule has 0 unspecified atom stereocenters. The molecule has 0 amide bonds. The maximum absolute atomic E-state index is 4.78. The van der Waals surface area contributed by atoms with Crippen LogP contribution in [0, 0.1) is 0 Å². The average molecular weight is 282 g/mol. The van der Waals surface area contributed by atoms with Crippen LogP contribution >= 0.6 is 0 Å². The first-order valence-corrected chi connectivity index (χ1v) is 8.15. The van der Waals surface area contributed by atoms with Crippen LogP contribution in [0.3, 0.4) is 0 Å². The normalized spacial score (nSPS) is 23.9. The molecule has 1 atom stereocenters. The zero-order valence-corrected chi connectivity index (χ0v) is 12.3. The molecular formula is C17H22N4. The van der Waals surface area contributed by atoms with Gasteiger partial charge in [0.2, 0.25) is 0 Å². The predicted molar refractivity (Wildman–Crippen MR) is 82.8 cm³/mol. The van der Waals surface area contributed by atoms with Crippen molar-refractivity contribution in [2.75, 3.05) is 6.54 Å². The van der Waals surface area contributed by atoms with Gasteiger partial charge in [-0.2, -0.15) is 5.10 Å². The van der Waals surface area contributed by atoms with E-state index in [1.165, 1.54) is 45.1 Å². The first-order valence-electron chi connectivity index (χ1n) is 8.15. The Labute approximate surface area is 125 Å². The summed E-state index contributed by atoms with van der Waals surface area (Å²) < 4.78 is 0. The number of likely N-dealkylation sites (tertiary alicyclic amines) is 1. The zero-order chi connectivity index (χ0) is 14.1. The van der Waals surface area contributed by atoms with E-state index in [0.717, 1.165) is 23.3 Å². The molecule has 1 saturated carbocycles. The molecule has 1 aromatic carbocycles. The Morgan fingerprint density at radius 1 is 1.00 bits per heavy atom. The highest BCUT2D eigenvalue weighted by Gasteiger charge is 2.34. The molecule has 4 heteroatoms. The minimum absolute atomic E-state index is 0.443. The number of nitrogens with zero attached hydrogens (tertiary/aromatic N) is 3. The summed E-state index contributed by atoms with van der Waals surface area (Å²) in [5, 5.41) is 7.63. The van der Waals surface area contributed by atoms with Gasteiger partial charge in [0.25, 0.3) is 0 Å². The Morgan fingerprint density at radius 3 is 2.62 bits per heavy atom. The molecule has 2 fully saturated rings. The molecule has 1 aromatic heterocycles. The largest absolute Gasteiger partial charge is 0.290 e. The standard InChI is InChI=1S/C17H22N4/c1-2-7-13(8-3-1)16-18-17(20-19-16)15-11-6-12-21(15)14-9-4-5-10-14/h1-3,7-8,14-15H,4-6,9-12H2,(H,18,19,20)/t15-/m0/s1. The van der Waals surface area contributed by atoms with Crippen LogP contribution in [0.15, 0.2) is 30.3 Å². The van der Waals surface area contributed by atoms with Crippen LogP contribution < -0.4 is 0 Å². The van der Waals surface area contributed by atoms with E-state index in [1.807, 2.05) is 18.2 Å². The van der Waals surface area contributed by atoms with Crippen molar-refractivity contribution in [3.63, 3.8) is 0 Å². The fourth-order valence-corrected chi connectivity index (χ4v) is 3.90. The van der Waals surface area contributed by atoms with Gasteiger partial charge in [-0.05, 0) is 32.2 Å². The summed E-state index contributed by atoms with van der Waals surface area (Å²) in [7, 11) is 0. The molecule has 2 aromatic rings. The van der Waals surface area contributed by atoms with Crippen LogP contribution in [0.5, 0.6) is 0 Å². The van der Waals surface area contributed by atoms with Gasteiger partial charge in [-0.15, -0.1) is 0 Å². The lowest BCUT2D eigenvalue weighted by molar-refractivity contribution is 0.177. The molecule has 1 saturated heterocycles. The molecule has 2 aliphatic rings. The Balaban J connectivity index is 1.57. The van der Waals surface area contributed by atoms with Gasteiger partial charge < -0.3 is 0 Å². The van der Waals surface area contributed by atoms with Crippen LogP contribution in [0.2, 0.25) is 0 Å². The maximum Gasteiger partial charge on any atom is 0.181 e. The molecule has 4 nitrogen and oxygen atoms in total. The van der Waals surface area contributed by atoms with Crippen LogP contribution in [0.4, 0.5) is 0 Å². The molecule has 21 heavy (non-hydrogen) atoms. The van der Waals surface area contributed by atoms with E-state index >= 15 is 0 Å². The fraction of sp³-hybridized carbons (Fsp3) is 0.529. The van der Waals surface area contributed by atoms with Crippen molar-refractivity contribution >= 4 is 0 Å². The third-order valence-corrected chi connectivity index (χ3v) is 4.94. The van der Waals surface area contributed by atoms with E-state index in [1.54, 1.807) is 0 Å². The van der Waals surface area contributed by atoms with Crippen LogP contribution in [-0.2, 0) is 0 Å². The number of nitrogens with one attached hydrogen (secondary N) is 1.